The molecule has 0 radical (unpaired) electrons. The standard InChI is InChI=1S/C21H17NO5S/c23-21(24)14-27-20-11-5-8-16-17(9-4-10-18(16)20)19(22-28(25)26)13-12-15-6-2-1-3-7-15/h1-13,19H,14H2,(H,23,24). The van der Waals surface area contributed by atoms with Gasteiger partial charge in [0, 0.05) is 5.39 Å². The lowest BCUT2D eigenvalue weighted by Gasteiger charge is -2.13. The minimum absolute atomic E-state index is 0.413. The summed E-state index contributed by atoms with van der Waals surface area (Å²) in [5.41, 5.74) is 1.60. The molecule has 1 N–H and O–H groups in total. The molecule has 0 aromatic heterocycles. The molecule has 28 heavy (non-hydrogen) atoms. The Morgan fingerprint density at radius 3 is 2.43 bits per heavy atom. The summed E-state index contributed by atoms with van der Waals surface area (Å²) in [7, 11) is -2.60. The first kappa shape index (κ1) is 19.3. The molecule has 3 aromatic carbocycles. The quantitative estimate of drug-likeness (QED) is 0.649. The molecule has 3 aromatic rings. The number of carboxylic acid groups (broad SMARTS) is 1. The summed E-state index contributed by atoms with van der Waals surface area (Å²) < 4.78 is 31.7. The minimum Gasteiger partial charge on any atom is -0.481 e. The van der Waals surface area contributed by atoms with Crippen molar-refractivity contribution in [3.8, 4) is 5.75 Å². The third-order valence-corrected chi connectivity index (χ3v) is 4.46. The van der Waals surface area contributed by atoms with E-state index in [-0.39, 0.29) is 0 Å². The summed E-state index contributed by atoms with van der Waals surface area (Å²) in [6, 6.07) is 19.3. The maximum Gasteiger partial charge on any atom is 0.341 e. The molecule has 0 heterocycles. The molecular weight excluding hydrogens is 378 g/mol. The predicted molar refractivity (Wildman–Crippen MR) is 107 cm³/mol. The van der Waals surface area contributed by atoms with Crippen molar-refractivity contribution in [1.29, 1.82) is 0 Å². The van der Waals surface area contributed by atoms with E-state index in [9.17, 15) is 13.2 Å². The Kier molecular flexibility index (Phi) is 6.18. The minimum atomic E-state index is -2.60. The van der Waals surface area contributed by atoms with Crippen molar-refractivity contribution < 1.29 is 23.1 Å². The Bertz CT molecular complexity index is 1150. The zero-order chi connectivity index (χ0) is 19.9. The largest absolute Gasteiger partial charge is 0.481 e. The third kappa shape index (κ3) is 4.83. The number of rotatable bonds is 7. The van der Waals surface area contributed by atoms with Gasteiger partial charge in [0.1, 0.15) is 11.8 Å². The highest BCUT2D eigenvalue weighted by Gasteiger charge is 2.14. The number of carbonyl (C=O) groups is 1. The second-order valence-electron chi connectivity index (χ2n) is 5.92. The van der Waals surface area contributed by atoms with Crippen molar-refractivity contribution in [3.63, 3.8) is 0 Å². The second-order valence-corrected chi connectivity index (χ2v) is 6.56. The SMILES string of the molecule is O=C(O)COc1cccc2c(C(C=Cc3ccccc3)N=S(=O)=O)cccc12. The van der Waals surface area contributed by atoms with Crippen LogP contribution >= 0.6 is 0 Å². The molecule has 0 aliphatic heterocycles. The number of hydrogen-bond donors (Lipinski definition) is 1. The van der Waals surface area contributed by atoms with Gasteiger partial charge in [-0.2, -0.15) is 12.8 Å². The Morgan fingerprint density at radius 2 is 1.71 bits per heavy atom. The van der Waals surface area contributed by atoms with Crippen LogP contribution in [0.1, 0.15) is 17.2 Å². The lowest BCUT2D eigenvalue weighted by atomic mass is 9.98. The summed E-state index contributed by atoms with van der Waals surface area (Å²) >= 11 is 0. The molecule has 1 atom stereocenters. The van der Waals surface area contributed by atoms with Gasteiger partial charge >= 0.3 is 16.5 Å². The maximum absolute atomic E-state index is 11.3. The molecule has 0 bridgehead atoms. The average molecular weight is 395 g/mol. The van der Waals surface area contributed by atoms with Gasteiger partial charge in [-0.25, -0.2) is 4.79 Å². The van der Waals surface area contributed by atoms with Gasteiger partial charge in [-0.05, 0) is 22.6 Å². The summed E-state index contributed by atoms with van der Waals surface area (Å²) in [4.78, 5) is 10.8. The smallest absolute Gasteiger partial charge is 0.341 e. The Hall–Kier alpha value is -3.45. The van der Waals surface area contributed by atoms with E-state index in [1.807, 2.05) is 42.5 Å². The highest BCUT2D eigenvalue weighted by molar-refractivity contribution is 7.61. The second kappa shape index (κ2) is 8.96. The predicted octanol–water partition coefficient (Wildman–Crippen LogP) is 4.12. The van der Waals surface area contributed by atoms with E-state index < -0.39 is 29.1 Å². The van der Waals surface area contributed by atoms with Crippen molar-refractivity contribution in [1.82, 2.24) is 0 Å². The first-order valence-corrected chi connectivity index (χ1v) is 9.47. The summed E-state index contributed by atoms with van der Waals surface area (Å²) in [5, 5.41) is 10.3. The monoisotopic (exact) mass is 395 g/mol. The summed E-state index contributed by atoms with van der Waals surface area (Å²) in [6.07, 6.45) is 3.52. The number of nitrogens with zero attached hydrogens (tertiary/aromatic N) is 1. The molecule has 3 rings (SSSR count). The maximum atomic E-state index is 11.3. The summed E-state index contributed by atoms with van der Waals surface area (Å²) in [6.45, 7) is -0.463. The van der Waals surface area contributed by atoms with Gasteiger partial charge in [0.15, 0.2) is 6.61 Å². The van der Waals surface area contributed by atoms with Gasteiger partial charge in [-0.3, -0.25) is 0 Å². The topological polar surface area (TPSA) is 93.0 Å². The molecule has 0 saturated carbocycles. The third-order valence-electron chi connectivity index (χ3n) is 4.06. The van der Waals surface area contributed by atoms with Crippen molar-refractivity contribution in [2.45, 2.75) is 6.04 Å². The van der Waals surface area contributed by atoms with E-state index in [2.05, 4.69) is 4.36 Å². The first-order chi connectivity index (χ1) is 13.5. The highest BCUT2D eigenvalue weighted by Crippen LogP contribution is 2.33. The van der Waals surface area contributed by atoms with Crippen molar-refractivity contribution >= 4 is 33.3 Å². The van der Waals surface area contributed by atoms with Crippen LogP contribution in [0, 0.1) is 0 Å². The van der Waals surface area contributed by atoms with Gasteiger partial charge < -0.3 is 9.84 Å². The van der Waals surface area contributed by atoms with Crippen LogP contribution in [0.4, 0.5) is 0 Å². The van der Waals surface area contributed by atoms with Crippen molar-refractivity contribution in [2.24, 2.45) is 4.36 Å². The van der Waals surface area contributed by atoms with Crippen LogP contribution in [0.3, 0.4) is 0 Å². The number of hydrogen-bond acceptors (Lipinski definition) is 5. The number of aliphatic carboxylic acids is 1. The molecule has 7 heteroatoms. The average Bonchev–Trinajstić information content (AvgIpc) is 2.69. The van der Waals surface area contributed by atoms with Gasteiger partial charge in [0.05, 0.1) is 0 Å². The molecule has 0 aliphatic carbocycles. The van der Waals surface area contributed by atoms with Gasteiger partial charge in [0.25, 0.3) is 0 Å². The molecule has 1 unspecified atom stereocenters. The van der Waals surface area contributed by atoms with Crippen LogP contribution < -0.4 is 4.74 Å². The lowest BCUT2D eigenvalue weighted by molar-refractivity contribution is -0.139. The fourth-order valence-corrected chi connectivity index (χ4v) is 3.25. The highest BCUT2D eigenvalue weighted by atomic mass is 32.2. The van der Waals surface area contributed by atoms with E-state index in [0.717, 1.165) is 10.9 Å². The zero-order valence-corrected chi connectivity index (χ0v) is 15.5. The van der Waals surface area contributed by atoms with Crippen LogP contribution in [0.2, 0.25) is 0 Å². The van der Waals surface area contributed by atoms with Crippen LogP contribution in [0.5, 0.6) is 5.75 Å². The van der Waals surface area contributed by atoms with Gasteiger partial charge in [-0.15, -0.1) is 0 Å². The molecule has 0 amide bonds. The Morgan fingerprint density at radius 1 is 1.00 bits per heavy atom. The number of fused-ring (bicyclic) bond motifs is 1. The normalized spacial score (nSPS) is 12.0. The van der Waals surface area contributed by atoms with E-state index in [0.29, 0.717) is 16.7 Å². The molecule has 0 spiro atoms. The first-order valence-electron chi connectivity index (χ1n) is 8.44. The van der Waals surface area contributed by atoms with Crippen molar-refractivity contribution in [2.75, 3.05) is 6.61 Å². The van der Waals surface area contributed by atoms with E-state index in [1.54, 1.807) is 36.4 Å². The van der Waals surface area contributed by atoms with Crippen LogP contribution in [0.25, 0.3) is 16.8 Å². The molecule has 0 aliphatic rings. The number of ether oxygens (including phenoxy) is 1. The molecule has 6 nitrogen and oxygen atoms in total. The summed E-state index contributed by atoms with van der Waals surface area (Å²) in [5.74, 6) is -0.663. The fourth-order valence-electron chi connectivity index (χ4n) is 2.88. The van der Waals surface area contributed by atoms with Gasteiger partial charge in [-0.1, -0.05) is 72.8 Å². The van der Waals surface area contributed by atoms with Crippen LogP contribution in [-0.4, -0.2) is 26.1 Å². The molecule has 0 saturated heterocycles. The molecule has 0 fully saturated rings. The Balaban J connectivity index is 2.07. The van der Waals surface area contributed by atoms with E-state index >= 15 is 0 Å². The zero-order valence-electron chi connectivity index (χ0n) is 14.7. The van der Waals surface area contributed by atoms with Crippen LogP contribution in [-0.2, 0) is 15.3 Å². The number of benzene rings is 3. The van der Waals surface area contributed by atoms with Crippen molar-refractivity contribution in [3.05, 3.63) is 83.9 Å². The van der Waals surface area contributed by atoms with Gasteiger partial charge in [0.2, 0.25) is 0 Å². The lowest BCUT2D eigenvalue weighted by Crippen LogP contribution is -2.09. The molecular formula is C21H17NO5S. The van der Waals surface area contributed by atoms with Crippen LogP contribution in [0.15, 0.2) is 77.2 Å². The molecule has 142 valence electrons. The Labute approximate surface area is 163 Å². The van der Waals surface area contributed by atoms with E-state index in [4.69, 9.17) is 9.84 Å². The fraction of sp³-hybridized carbons (Fsp3) is 0.0952. The van der Waals surface area contributed by atoms with E-state index in [1.165, 1.54) is 0 Å². The number of carboxylic acids is 1.